The van der Waals surface area contributed by atoms with Gasteiger partial charge in [0.15, 0.2) is 6.61 Å². The predicted octanol–water partition coefficient (Wildman–Crippen LogP) is 4.27. The van der Waals surface area contributed by atoms with E-state index in [1.165, 1.54) is 12.8 Å². The van der Waals surface area contributed by atoms with Crippen LogP contribution in [0.3, 0.4) is 0 Å². The van der Waals surface area contributed by atoms with Crippen LogP contribution in [0.2, 0.25) is 0 Å². The van der Waals surface area contributed by atoms with Crippen molar-refractivity contribution in [3.63, 3.8) is 0 Å². The molecule has 1 aromatic heterocycles. The summed E-state index contributed by atoms with van der Waals surface area (Å²) in [7, 11) is 0. The third-order valence-corrected chi connectivity index (χ3v) is 5.11. The zero-order chi connectivity index (χ0) is 20.8. The molecule has 0 spiro atoms. The van der Waals surface area contributed by atoms with Gasteiger partial charge < -0.3 is 15.4 Å². The SMILES string of the molecule is O=C(COc1cccc(NC(=O)c2ccccc2)c1)Nc1ccnn1C1CCCC1. The van der Waals surface area contributed by atoms with E-state index in [0.29, 0.717) is 28.9 Å². The standard InChI is InChI=1S/C23H24N4O3/c28-22(26-21-13-14-24-27(21)19-10-4-5-11-19)16-30-20-12-6-9-18(15-20)25-23(29)17-7-2-1-3-8-17/h1-3,6-9,12-15,19H,4-5,10-11,16H2,(H,25,29)(H,26,28). The summed E-state index contributed by atoms with van der Waals surface area (Å²) >= 11 is 0. The number of carbonyl (C=O) groups is 2. The van der Waals surface area contributed by atoms with Crippen molar-refractivity contribution in [1.82, 2.24) is 9.78 Å². The Morgan fingerprint density at radius 2 is 1.80 bits per heavy atom. The van der Waals surface area contributed by atoms with Gasteiger partial charge in [0.05, 0.1) is 12.2 Å². The van der Waals surface area contributed by atoms with Crippen molar-refractivity contribution in [3.8, 4) is 5.75 Å². The van der Waals surface area contributed by atoms with Gasteiger partial charge in [-0.1, -0.05) is 37.1 Å². The largest absolute Gasteiger partial charge is 0.484 e. The number of nitrogens with one attached hydrogen (secondary N) is 2. The minimum absolute atomic E-state index is 0.133. The van der Waals surface area contributed by atoms with E-state index >= 15 is 0 Å². The Labute approximate surface area is 175 Å². The highest BCUT2D eigenvalue weighted by atomic mass is 16.5. The van der Waals surface area contributed by atoms with Crippen molar-refractivity contribution in [1.29, 1.82) is 0 Å². The van der Waals surface area contributed by atoms with Crippen LogP contribution in [0.15, 0.2) is 66.9 Å². The third-order valence-electron chi connectivity index (χ3n) is 5.11. The highest BCUT2D eigenvalue weighted by molar-refractivity contribution is 6.04. The number of hydrogen-bond acceptors (Lipinski definition) is 4. The highest BCUT2D eigenvalue weighted by Gasteiger charge is 2.20. The van der Waals surface area contributed by atoms with Gasteiger partial charge in [0.25, 0.3) is 11.8 Å². The fourth-order valence-corrected chi connectivity index (χ4v) is 3.64. The number of benzene rings is 2. The monoisotopic (exact) mass is 404 g/mol. The second kappa shape index (κ2) is 9.26. The number of rotatable bonds is 7. The van der Waals surface area contributed by atoms with E-state index < -0.39 is 0 Å². The van der Waals surface area contributed by atoms with Gasteiger partial charge in [-0.05, 0) is 37.1 Å². The maximum absolute atomic E-state index is 12.4. The van der Waals surface area contributed by atoms with Gasteiger partial charge in [0.2, 0.25) is 0 Å². The van der Waals surface area contributed by atoms with Crippen molar-refractivity contribution in [2.45, 2.75) is 31.7 Å². The van der Waals surface area contributed by atoms with Crippen molar-refractivity contribution < 1.29 is 14.3 Å². The molecule has 1 fully saturated rings. The Balaban J connectivity index is 1.32. The molecule has 7 nitrogen and oxygen atoms in total. The number of aromatic nitrogens is 2. The fourth-order valence-electron chi connectivity index (χ4n) is 3.64. The van der Waals surface area contributed by atoms with Crippen LogP contribution in [0.5, 0.6) is 5.75 Å². The third kappa shape index (κ3) is 4.86. The Kier molecular flexibility index (Phi) is 6.08. The smallest absolute Gasteiger partial charge is 0.263 e. The Hall–Kier alpha value is -3.61. The zero-order valence-corrected chi connectivity index (χ0v) is 16.6. The summed E-state index contributed by atoms with van der Waals surface area (Å²) in [4.78, 5) is 24.6. The molecule has 0 radical (unpaired) electrons. The summed E-state index contributed by atoms with van der Waals surface area (Å²) in [6, 6.07) is 18.1. The normalized spacial score (nSPS) is 13.7. The number of nitrogens with zero attached hydrogens (tertiary/aromatic N) is 2. The van der Waals surface area contributed by atoms with E-state index in [0.717, 1.165) is 12.8 Å². The second-order valence-corrected chi connectivity index (χ2v) is 7.28. The molecule has 1 aliphatic carbocycles. The molecule has 154 valence electrons. The molecule has 2 aromatic carbocycles. The molecule has 1 heterocycles. The predicted molar refractivity (Wildman–Crippen MR) is 115 cm³/mol. The molecule has 0 bridgehead atoms. The van der Waals surface area contributed by atoms with E-state index in [9.17, 15) is 9.59 Å². The molecule has 0 aliphatic heterocycles. The molecule has 3 aromatic rings. The molecule has 1 saturated carbocycles. The highest BCUT2D eigenvalue weighted by Crippen LogP contribution is 2.31. The fraction of sp³-hybridized carbons (Fsp3) is 0.261. The Bertz CT molecular complexity index is 1010. The van der Waals surface area contributed by atoms with Crippen molar-refractivity contribution in [3.05, 3.63) is 72.4 Å². The number of carbonyl (C=O) groups excluding carboxylic acids is 2. The van der Waals surface area contributed by atoms with Gasteiger partial charge in [0, 0.05) is 23.4 Å². The molecular formula is C23H24N4O3. The first-order valence-electron chi connectivity index (χ1n) is 10.1. The van der Waals surface area contributed by atoms with Crippen LogP contribution in [0.25, 0.3) is 0 Å². The average molecular weight is 404 g/mol. The van der Waals surface area contributed by atoms with Gasteiger partial charge in [-0.2, -0.15) is 5.10 Å². The van der Waals surface area contributed by atoms with E-state index in [-0.39, 0.29) is 18.4 Å². The Morgan fingerprint density at radius 1 is 1.00 bits per heavy atom. The second-order valence-electron chi connectivity index (χ2n) is 7.28. The van der Waals surface area contributed by atoms with Crippen molar-refractivity contribution in [2.24, 2.45) is 0 Å². The summed E-state index contributed by atoms with van der Waals surface area (Å²) in [5, 5.41) is 10.1. The number of ether oxygens (including phenoxy) is 1. The summed E-state index contributed by atoms with van der Waals surface area (Å²) in [5.74, 6) is 0.735. The lowest BCUT2D eigenvalue weighted by molar-refractivity contribution is -0.118. The lowest BCUT2D eigenvalue weighted by atomic mass is 10.2. The van der Waals surface area contributed by atoms with E-state index in [4.69, 9.17) is 4.74 Å². The van der Waals surface area contributed by atoms with Crippen LogP contribution in [-0.4, -0.2) is 28.2 Å². The topological polar surface area (TPSA) is 85.2 Å². The van der Waals surface area contributed by atoms with E-state index in [2.05, 4.69) is 15.7 Å². The van der Waals surface area contributed by atoms with Gasteiger partial charge in [-0.15, -0.1) is 0 Å². The number of amides is 2. The molecule has 0 unspecified atom stereocenters. The maximum Gasteiger partial charge on any atom is 0.263 e. The van der Waals surface area contributed by atoms with Crippen LogP contribution in [0, 0.1) is 0 Å². The van der Waals surface area contributed by atoms with Crippen LogP contribution in [0.4, 0.5) is 11.5 Å². The molecule has 30 heavy (non-hydrogen) atoms. The summed E-state index contributed by atoms with van der Waals surface area (Å²) in [6.45, 7) is -0.133. The van der Waals surface area contributed by atoms with Gasteiger partial charge in [-0.3, -0.25) is 9.59 Å². The zero-order valence-electron chi connectivity index (χ0n) is 16.6. The van der Waals surface area contributed by atoms with Crippen molar-refractivity contribution in [2.75, 3.05) is 17.2 Å². The lowest BCUT2D eigenvalue weighted by Crippen LogP contribution is -2.23. The summed E-state index contributed by atoms with van der Waals surface area (Å²) in [6.07, 6.45) is 6.26. The van der Waals surface area contributed by atoms with Gasteiger partial charge >= 0.3 is 0 Å². The van der Waals surface area contributed by atoms with E-state index in [1.807, 2.05) is 22.9 Å². The molecule has 2 amide bonds. The first-order valence-corrected chi connectivity index (χ1v) is 10.1. The summed E-state index contributed by atoms with van der Waals surface area (Å²) in [5.41, 5.74) is 1.17. The molecule has 2 N–H and O–H groups in total. The lowest BCUT2D eigenvalue weighted by Gasteiger charge is -2.15. The van der Waals surface area contributed by atoms with Crippen LogP contribution in [0.1, 0.15) is 42.1 Å². The molecule has 4 rings (SSSR count). The minimum atomic E-state index is -0.256. The number of anilines is 2. The number of hydrogen-bond donors (Lipinski definition) is 2. The summed E-state index contributed by atoms with van der Waals surface area (Å²) < 4.78 is 7.51. The average Bonchev–Trinajstić information content (AvgIpc) is 3.45. The van der Waals surface area contributed by atoms with Gasteiger partial charge in [-0.25, -0.2) is 4.68 Å². The first-order chi connectivity index (χ1) is 14.7. The van der Waals surface area contributed by atoms with Crippen molar-refractivity contribution >= 4 is 23.3 Å². The van der Waals surface area contributed by atoms with Crippen LogP contribution < -0.4 is 15.4 Å². The minimum Gasteiger partial charge on any atom is -0.484 e. The Morgan fingerprint density at radius 3 is 2.60 bits per heavy atom. The quantitative estimate of drug-likeness (QED) is 0.616. The van der Waals surface area contributed by atoms with E-state index in [1.54, 1.807) is 48.7 Å². The van der Waals surface area contributed by atoms with Gasteiger partial charge in [0.1, 0.15) is 11.6 Å². The van der Waals surface area contributed by atoms with Crippen LogP contribution in [-0.2, 0) is 4.79 Å². The molecular weight excluding hydrogens is 380 g/mol. The molecule has 1 aliphatic rings. The molecule has 0 atom stereocenters. The first kappa shape index (κ1) is 19.7. The molecule has 0 saturated heterocycles. The van der Waals surface area contributed by atoms with Crippen LogP contribution >= 0.6 is 0 Å². The molecule has 7 heteroatoms. The maximum atomic E-state index is 12.4.